The predicted molar refractivity (Wildman–Crippen MR) is 106 cm³/mol. The van der Waals surface area contributed by atoms with E-state index in [1.807, 2.05) is 31.3 Å². The molecule has 0 aliphatic carbocycles. The van der Waals surface area contributed by atoms with Crippen molar-refractivity contribution in [1.82, 2.24) is 14.6 Å². The van der Waals surface area contributed by atoms with Crippen LogP contribution in [0.15, 0.2) is 69.1 Å². The summed E-state index contributed by atoms with van der Waals surface area (Å²) in [4.78, 5) is 6.80. The molecule has 0 radical (unpaired) electrons. The van der Waals surface area contributed by atoms with Crippen LogP contribution in [0.1, 0.15) is 5.56 Å². The van der Waals surface area contributed by atoms with E-state index in [1.165, 1.54) is 0 Å². The van der Waals surface area contributed by atoms with E-state index >= 15 is 0 Å². The average Bonchev–Trinajstić information content (AvgIpc) is 2.64. The van der Waals surface area contributed by atoms with Crippen molar-refractivity contribution in [3.63, 3.8) is 0 Å². The molecule has 2 aromatic rings. The monoisotopic (exact) mass is 436 g/mol. The summed E-state index contributed by atoms with van der Waals surface area (Å²) in [5, 5.41) is 4.24. The van der Waals surface area contributed by atoms with Gasteiger partial charge in [0.05, 0.1) is 11.4 Å². The minimum Gasteiger partial charge on any atom is -0.352 e. The summed E-state index contributed by atoms with van der Waals surface area (Å²) in [6.45, 7) is 2.93. The van der Waals surface area contributed by atoms with Crippen LogP contribution in [0.2, 0.25) is 0 Å². The zero-order valence-corrected chi connectivity index (χ0v) is 16.9. The standard InChI is InChI=1S/C18H21BrN4O2S/c1-22-11-12-23(13-15-7-5-6-10-17(15)19)18(14-22)20-21-26(24,25)16-8-3-2-4-9-16/h2-10,21H,11-14H2,1H3. The van der Waals surface area contributed by atoms with Crippen molar-refractivity contribution in [3.8, 4) is 0 Å². The Morgan fingerprint density at radius 3 is 2.50 bits per heavy atom. The van der Waals surface area contributed by atoms with Gasteiger partial charge in [-0.05, 0) is 30.8 Å². The van der Waals surface area contributed by atoms with Gasteiger partial charge in [0, 0.05) is 24.1 Å². The van der Waals surface area contributed by atoms with E-state index in [-0.39, 0.29) is 4.90 Å². The maximum absolute atomic E-state index is 12.4. The van der Waals surface area contributed by atoms with Gasteiger partial charge in [-0.3, -0.25) is 4.90 Å². The second kappa shape index (κ2) is 8.20. The molecule has 1 aliphatic heterocycles. The quantitative estimate of drug-likeness (QED) is 0.731. The molecule has 0 amide bonds. The number of amidine groups is 1. The Morgan fingerprint density at radius 1 is 1.08 bits per heavy atom. The summed E-state index contributed by atoms with van der Waals surface area (Å²) in [6, 6.07) is 16.3. The summed E-state index contributed by atoms with van der Waals surface area (Å²) in [7, 11) is -1.68. The molecular weight excluding hydrogens is 416 g/mol. The van der Waals surface area contributed by atoms with Crippen LogP contribution in [0.3, 0.4) is 0 Å². The van der Waals surface area contributed by atoms with Gasteiger partial charge in [0.1, 0.15) is 5.84 Å². The number of hydrogen-bond donors (Lipinski definition) is 1. The zero-order chi connectivity index (χ0) is 18.6. The molecule has 0 saturated carbocycles. The molecule has 1 heterocycles. The number of nitrogens with one attached hydrogen (secondary N) is 1. The number of sulfonamides is 1. The van der Waals surface area contributed by atoms with Crippen LogP contribution in [0.25, 0.3) is 0 Å². The number of hydrazone groups is 1. The van der Waals surface area contributed by atoms with E-state index in [0.717, 1.165) is 23.1 Å². The normalized spacial score (nSPS) is 17.5. The summed E-state index contributed by atoms with van der Waals surface area (Å²) in [6.07, 6.45) is 0. The van der Waals surface area contributed by atoms with Crippen LogP contribution in [0, 0.1) is 0 Å². The third-order valence-electron chi connectivity index (χ3n) is 4.20. The SMILES string of the molecule is CN1CCN(Cc2ccccc2Br)C(=NNS(=O)(=O)c2ccccc2)C1. The van der Waals surface area contributed by atoms with Gasteiger partial charge in [-0.1, -0.05) is 52.3 Å². The van der Waals surface area contributed by atoms with Crippen LogP contribution in [-0.2, 0) is 16.6 Å². The molecule has 138 valence electrons. The molecular formula is C18H21BrN4O2S. The minimum atomic E-state index is -3.67. The van der Waals surface area contributed by atoms with E-state index in [2.05, 4.69) is 35.7 Å². The van der Waals surface area contributed by atoms with Crippen LogP contribution in [0.4, 0.5) is 0 Å². The molecule has 0 aromatic heterocycles. The zero-order valence-electron chi connectivity index (χ0n) is 14.5. The molecule has 6 nitrogen and oxygen atoms in total. The Hall–Kier alpha value is -1.90. The third kappa shape index (κ3) is 4.63. The van der Waals surface area contributed by atoms with Crippen molar-refractivity contribution >= 4 is 31.8 Å². The molecule has 1 fully saturated rings. The average molecular weight is 437 g/mol. The summed E-state index contributed by atoms with van der Waals surface area (Å²) in [5.41, 5.74) is 1.13. The lowest BCUT2D eigenvalue weighted by Gasteiger charge is -2.35. The van der Waals surface area contributed by atoms with Crippen LogP contribution in [-0.4, -0.2) is 50.7 Å². The van der Waals surface area contributed by atoms with E-state index in [1.54, 1.807) is 30.3 Å². The lowest BCUT2D eigenvalue weighted by atomic mass is 10.2. The highest BCUT2D eigenvalue weighted by atomic mass is 79.9. The summed E-state index contributed by atoms with van der Waals surface area (Å²) < 4.78 is 25.9. The molecule has 3 rings (SSSR count). The fourth-order valence-corrected chi connectivity index (χ4v) is 3.97. The fourth-order valence-electron chi connectivity index (χ4n) is 2.71. The van der Waals surface area contributed by atoms with Crippen LogP contribution in [0.5, 0.6) is 0 Å². The first-order chi connectivity index (χ1) is 12.5. The highest BCUT2D eigenvalue weighted by Gasteiger charge is 2.22. The first-order valence-corrected chi connectivity index (χ1v) is 10.5. The summed E-state index contributed by atoms with van der Waals surface area (Å²) >= 11 is 3.57. The molecule has 2 aromatic carbocycles. The summed E-state index contributed by atoms with van der Waals surface area (Å²) in [5.74, 6) is 0.703. The number of hydrogen-bond acceptors (Lipinski definition) is 4. The van der Waals surface area contributed by atoms with Gasteiger partial charge in [-0.25, -0.2) is 0 Å². The van der Waals surface area contributed by atoms with E-state index in [0.29, 0.717) is 18.9 Å². The van der Waals surface area contributed by atoms with Crippen LogP contribution >= 0.6 is 15.9 Å². The molecule has 1 N–H and O–H groups in total. The highest BCUT2D eigenvalue weighted by Crippen LogP contribution is 2.19. The number of piperazine rings is 1. The van der Waals surface area contributed by atoms with E-state index < -0.39 is 10.0 Å². The Kier molecular flexibility index (Phi) is 5.95. The van der Waals surface area contributed by atoms with Crippen molar-refractivity contribution in [3.05, 3.63) is 64.6 Å². The first-order valence-electron chi connectivity index (χ1n) is 8.26. The number of likely N-dealkylation sites (N-methyl/N-ethyl adjacent to an activating group) is 1. The van der Waals surface area contributed by atoms with Gasteiger partial charge < -0.3 is 4.90 Å². The second-order valence-corrected chi connectivity index (χ2v) is 8.70. The Balaban J connectivity index is 1.80. The van der Waals surface area contributed by atoms with E-state index in [4.69, 9.17) is 0 Å². The molecule has 1 aliphatic rings. The van der Waals surface area contributed by atoms with Crippen molar-refractivity contribution < 1.29 is 8.42 Å². The van der Waals surface area contributed by atoms with Gasteiger partial charge in [-0.15, -0.1) is 0 Å². The topological polar surface area (TPSA) is 65.0 Å². The predicted octanol–water partition coefficient (Wildman–Crippen LogP) is 2.49. The molecule has 26 heavy (non-hydrogen) atoms. The minimum absolute atomic E-state index is 0.200. The molecule has 8 heteroatoms. The Labute approximate surface area is 162 Å². The van der Waals surface area contributed by atoms with Crippen molar-refractivity contribution in [2.75, 3.05) is 26.7 Å². The van der Waals surface area contributed by atoms with Gasteiger partial charge >= 0.3 is 0 Å². The Morgan fingerprint density at radius 2 is 1.77 bits per heavy atom. The molecule has 0 bridgehead atoms. The molecule has 1 saturated heterocycles. The highest BCUT2D eigenvalue weighted by molar-refractivity contribution is 9.10. The third-order valence-corrected chi connectivity index (χ3v) is 6.19. The smallest absolute Gasteiger partial charge is 0.276 e. The maximum Gasteiger partial charge on any atom is 0.276 e. The van der Waals surface area contributed by atoms with Crippen molar-refractivity contribution in [1.29, 1.82) is 0 Å². The number of halogens is 1. The second-order valence-electron chi connectivity index (χ2n) is 6.19. The van der Waals surface area contributed by atoms with E-state index in [9.17, 15) is 8.42 Å². The van der Waals surface area contributed by atoms with Crippen LogP contribution < -0.4 is 4.83 Å². The number of nitrogens with zero attached hydrogens (tertiary/aromatic N) is 3. The van der Waals surface area contributed by atoms with Gasteiger partial charge in [0.2, 0.25) is 0 Å². The van der Waals surface area contributed by atoms with Crippen molar-refractivity contribution in [2.24, 2.45) is 5.10 Å². The lowest BCUT2D eigenvalue weighted by molar-refractivity contribution is 0.258. The first kappa shape index (κ1) is 18.9. The number of rotatable bonds is 5. The Bertz CT molecular complexity index is 887. The fraction of sp³-hybridized carbons (Fsp3) is 0.278. The maximum atomic E-state index is 12.4. The van der Waals surface area contributed by atoms with Gasteiger partial charge in [-0.2, -0.15) is 18.4 Å². The van der Waals surface area contributed by atoms with Gasteiger partial charge in [0.15, 0.2) is 0 Å². The van der Waals surface area contributed by atoms with Gasteiger partial charge in [0.25, 0.3) is 10.0 Å². The lowest BCUT2D eigenvalue weighted by Crippen LogP contribution is -2.49. The number of benzene rings is 2. The largest absolute Gasteiger partial charge is 0.352 e. The molecule has 0 unspecified atom stereocenters. The molecule has 0 spiro atoms. The molecule has 0 atom stereocenters. The van der Waals surface area contributed by atoms with Crippen molar-refractivity contribution in [2.45, 2.75) is 11.4 Å².